The van der Waals surface area contributed by atoms with Crippen LogP contribution < -0.4 is 0 Å². The van der Waals surface area contributed by atoms with Crippen LogP contribution in [-0.2, 0) is 23.7 Å². The van der Waals surface area contributed by atoms with Crippen LogP contribution >= 0.6 is 0 Å². The summed E-state index contributed by atoms with van der Waals surface area (Å²) >= 11 is 0. The van der Waals surface area contributed by atoms with Gasteiger partial charge in [0, 0.05) is 13.1 Å². The number of unbranched alkanes of at least 4 members (excludes halogenated alkanes) is 13. The molecule has 3 aliphatic heterocycles. The van der Waals surface area contributed by atoms with E-state index in [9.17, 15) is 5.11 Å². The number of fused-ring (bicyclic) bond motifs is 3. The van der Waals surface area contributed by atoms with Gasteiger partial charge in [0.05, 0.1) is 6.61 Å². The molecule has 7 nitrogen and oxygen atoms in total. The smallest absolute Gasteiger partial charge is 0.190 e. The van der Waals surface area contributed by atoms with Gasteiger partial charge in [-0.05, 0) is 40.7 Å². The van der Waals surface area contributed by atoms with Gasteiger partial charge in [0.2, 0.25) is 0 Å². The van der Waals surface area contributed by atoms with Crippen LogP contribution in [0.4, 0.5) is 0 Å². The Bertz CT molecular complexity index is 629. The average Bonchev–Trinajstić information content (AvgIpc) is 3.33. The zero-order valence-corrected chi connectivity index (χ0v) is 24.6. The minimum Gasteiger partial charge on any atom is -0.395 e. The molecule has 0 unspecified atom stereocenters. The van der Waals surface area contributed by atoms with Crippen LogP contribution in [0.1, 0.15) is 125 Å². The first-order valence-electron chi connectivity index (χ1n) is 15.4. The summed E-state index contributed by atoms with van der Waals surface area (Å²) in [5.41, 5.74) is 0. The third-order valence-corrected chi connectivity index (χ3v) is 7.93. The molecule has 3 aliphatic rings. The molecule has 0 aromatic rings. The topological polar surface area (TPSA) is 69.6 Å². The number of aliphatic hydroxyl groups is 1. The zero-order chi connectivity index (χ0) is 26.7. The molecule has 5 atom stereocenters. The highest BCUT2D eigenvalue weighted by Gasteiger charge is 2.60. The summed E-state index contributed by atoms with van der Waals surface area (Å²) in [7, 11) is 0. The minimum atomic E-state index is -0.704. The normalized spacial score (nSPS) is 30.1. The van der Waals surface area contributed by atoms with Crippen LogP contribution in [0.5, 0.6) is 0 Å². The molecule has 1 N–H and O–H groups in total. The van der Waals surface area contributed by atoms with E-state index >= 15 is 0 Å². The highest BCUT2D eigenvalue weighted by atomic mass is 16.9. The van der Waals surface area contributed by atoms with Crippen LogP contribution in [0.25, 0.3) is 0 Å². The van der Waals surface area contributed by atoms with Crippen molar-refractivity contribution in [3.63, 3.8) is 0 Å². The van der Waals surface area contributed by atoms with Crippen molar-refractivity contribution in [2.45, 2.75) is 167 Å². The van der Waals surface area contributed by atoms with Gasteiger partial charge in [0.25, 0.3) is 0 Å². The van der Waals surface area contributed by atoms with E-state index in [0.717, 1.165) is 13.0 Å². The van der Waals surface area contributed by atoms with Crippen LogP contribution in [0.15, 0.2) is 0 Å². The predicted octanol–water partition coefficient (Wildman–Crippen LogP) is 6.16. The summed E-state index contributed by atoms with van der Waals surface area (Å²) in [6.45, 7) is 12.4. The summed E-state index contributed by atoms with van der Waals surface area (Å²) in [5.74, 6) is -1.39. The fourth-order valence-corrected chi connectivity index (χ4v) is 6.06. The van der Waals surface area contributed by atoms with Gasteiger partial charge in [0.1, 0.15) is 24.4 Å². The zero-order valence-electron chi connectivity index (χ0n) is 24.6. The van der Waals surface area contributed by atoms with Gasteiger partial charge in [-0.25, -0.2) is 0 Å². The molecule has 3 heterocycles. The molecule has 3 fully saturated rings. The molecule has 0 spiro atoms. The van der Waals surface area contributed by atoms with E-state index in [1.807, 2.05) is 27.7 Å². The Balaban J connectivity index is 1.32. The van der Waals surface area contributed by atoms with Crippen molar-refractivity contribution in [3.05, 3.63) is 0 Å². The number of rotatable bonds is 19. The van der Waals surface area contributed by atoms with Crippen molar-refractivity contribution in [2.24, 2.45) is 0 Å². The largest absolute Gasteiger partial charge is 0.395 e. The molecule has 3 rings (SSSR count). The molecule has 37 heavy (non-hydrogen) atoms. The molecule has 0 bridgehead atoms. The Kier molecular flexibility index (Phi) is 13.1. The molecule has 7 heteroatoms. The molecule has 0 aromatic carbocycles. The monoisotopic (exact) mass is 527 g/mol. The van der Waals surface area contributed by atoms with E-state index in [1.165, 1.54) is 83.5 Å². The Labute approximate surface area is 226 Å². The fourth-order valence-electron chi connectivity index (χ4n) is 6.06. The summed E-state index contributed by atoms with van der Waals surface area (Å²) < 4.78 is 31.0. The molecule has 0 aromatic heterocycles. The lowest BCUT2D eigenvalue weighted by Crippen LogP contribution is -2.58. The van der Waals surface area contributed by atoms with Gasteiger partial charge in [-0.1, -0.05) is 90.4 Å². The van der Waals surface area contributed by atoms with Crippen molar-refractivity contribution in [1.29, 1.82) is 0 Å². The highest BCUT2D eigenvalue weighted by Crippen LogP contribution is 2.44. The predicted molar refractivity (Wildman–Crippen MR) is 146 cm³/mol. The van der Waals surface area contributed by atoms with Gasteiger partial charge in [0.15, 0.2) is 17.9 Å². The van der Waals surface area contributed by atoms with Crippen LogP contribution in [-0.4, -0.2) is 78.5 Å². The van der Waals surface area contributed by atoms with Crippen molar-refractivity contribution in [2.75, 3.05) is 26.2 Å². The van der Waals surface area contributed by atoms with Gasteiger partial charge in [-0.2, -0.15) is 0 Å². The summed E-state index contributed by atoms with van der Waals surface area (Å²) in [4.78, 5) is 2.30. The van der Waals surface area contributed by atoms with E-state index in [0.29, 0.717) is 13.1 Å². The van der Waals surface area contributed by atoms with Gasteiger partial charge < -0.3 is 28.8 Å². The van der Waals surface area contributed by atoms with Crippen molar-refractivity contribution in [1.82, 2.24) is 4.90 Å². The third kappa shape index (κ3) is 10.3. The second kappa shape index (κ2) is 15.5. The molecule has 0 saturated carbocycles. The molecule has 218 valence electrons. The highest BCUT2D eigenvalue weighted by molar-refractivity contribution is 5.00. The standard InChI is InChI=1S/C30H57NO6/c1-6-7-8-9-10-11-12-13-14-15-16-17-18-19-20-31(21-22-32)23-24-25-26(35-29(2,3)34-25)27-28(33-24)37-30(4,5)36-27/h24-28,32H,6-23H2,1-5H3/t24-,25-,26-,27+,28+/m0/s1. The summed E-state index contributed by atoms with van der Waals surface area (Å²) in [6, 6.07) is 0. The Hall–Kier alpha value is -0.280. The lowest BCUT2D eigenvalue weighted by molar-refractivity contribution is -0.236. The molecule has 0 amide bonds. The first-order valence-corrected chi connectivity index (χ1v) is 15.4. The van der Waals surface area contributed by atoms with Crippen molar-refractivity contribution in [3.8, 4) is 0 Å². The van der Waals surface area contributed by atoms with Crippen LogP contribution in [0.3, 0.4) is 0 Å². The van der Waals surface area contributed by atoms with Crippen molar-refractivity contribution >= 4 is 0 Å². The molecule has 0 radical (unpaired) electrons. The van der Waals surface area contributed by atoms with E-state index in [1.54, 1.807) is 0 Å². The minimum absolute atomic E-state index is 0.140. The van der Waals surface area contributed by atoms with Gasteiger partial charge >= 0.3 is 0 Å². The quantitative estimate of drug-likeness (QED) is 0.202. The third-order valence-electron chi connectivity index (χ3n) is 7.93. The Morgan fingerprint density at radius 3 is 1.65 bits per heavy atom. The molecular weight excluding hydrogens is 470 g/mol. The maximum atomic E-state index is 9.69. The summed E-state index contributed by atoms with van der Waals surface area (Å²) in [5, 5.41) is 9.69. The lowest BCUT2D eigenvalue weighted by Gasteiger charge is -2.39. The summed E-state index contributed by atoms with van der Waals surface area (Å²) in [6.07, 6.45) is 17.6. The number of hydrogen-bond donors (Lipinski definition) is 1. The van der Waals surface area contributed by atoms with E-state index < -0.39 is 17.9 Å². The Morgan fingerprint density at radius 1 is 0.595 bits per heavy atom. The number of ether oxygens (including phenoxy) is 5. The number of aliphatic hydroxyl groups excluding tert-OH is 1. The van der Waals surface area contributed by atoms with Crippen LogP contribution in [0, 0.1) is 0 Å². The van der Waals surface area contributed by atoms with E-state index in [-0.39, 0.29) is 31.0 Å². The van der Waals surface area contributed by atoms with Crippen molar-refractivity contribution < 1.29 is 28.8 Å². The average molecular weight is 528 g/mol. The molecule has 0 aliphatic carbocycles. The first-order chi connectivity index (χ1) is 17.7. The molecular formula is C30H57NO6. The van der Waals surface area contributed by atoms with Gasteiger partial charge in [-0.3, -0.25) is 4.90 Å². The van der Waals surface area contributed by atoms with Gasteiger partial charge in [-0.15, -0.1) is 0 Å². The number of nitrogens with zero attached hydrogens (tertiary/aromatic N) is 1. The lowest BCUT2D eigenvalue weighted by atomic mass is 9.98. The van der Waals surface area contributed by atoms with E-state index in [4.69, 9.17) is 23.7 Å². The molecule has 3 saturated heterocycles. The first kappa shape index (κ1) is 31.3. The second-order valence-corrected chi connectivity index (χ2v) is 12.3. The van der Waals surface area contributed by atoms with E-state index in [2.05, 4.69) is 11.8 Å². The van der Waals surface area contributed by atoms with Crippen LogP contribution in [0.2, 0.25) is 0 Å². The number of hydrogen-bond acceptors (Lipinski definition) is 7. The SMILES string of the molecule is CCCCCCCCCCCCCCCCN(CCO)C[C@@H]1O[C@@H]2OC(C)(C)O[C@@H]2[C@H]2OC(C)(C)O[C@H]21. The Morgan fingerprint density at radius 2 is 1.08 bits per heavy atom. The maximum Gasteiger partial charge on any atom is 0.190 e. The maximum absolute atomic E-state index is 9.69. The fraction of sp³-hybridized carbons (Fsp3) is 1.00. The second-order valence-electron chi connectivity index (χ2n) is 12.3.